The lowest BCUT2D eigenvalue weighted by molar-refractivity contribution is -0.138. The molecule has 0 spiro atoms. The molecule has 1 aliphatic rings. The average Bonchev–Trinajstić information content (AvgIpc) is 3.04. The van der Waals surface area contributed by atoms with Crippen LogP contribution >= 0.6 is 0 Å². The van der Waals surface area contributed by atoms with Gasteiger partial charge in [-0.15, -0.1) is 0 Å². The molecular formula is C15H13FO3. The van der Waals surface area contributed by atoms with E-state index < -0.39 is 5.97 Å². The van der Waals surface area contributed by atoms with Crippen molar-refractivity contribution in [1.29, 1.82) is 0 Å². The van der Waals surface area contributed by atoms with Gasteiger partial charge in [0.25, 0.3) is 0 Å². The molecule has 98 valence electrons. The van der Waals surface area contributed by atoms with E-state index >= 15 is 0 Å². The molecule has 1 aliphatic carbocycles. The summed E-state index contributed by atoms with van der Waals surface area (Å²) in [7, 11) is 0. The molecule has 0 aliphatic heterocycles. The van der Waals surface area contributed by atoms with E-state index in [-0.39, 0.29) is 17.7 Å². The van der Waals surface area contributed by atoms with E-state index in [2.05, 4.69) is 0 Å². The number of aliphatic carboxylic acids is 1. The lowest BCUT2D eigenvalue weighted by Crippen LogP contribution is -1.98. The Kier molecular flexibility index (Phi) is 2.66. The van der Waals surface area contributed by atoms with E-state index in [1.165, 1.54) is 6.07 Å². The fraction of sp³-hybridized carbons (Fsp3) is 0.267. The molecule has 1 aromatic carbocycles. The minimum atomic E-state index is -0.787. The van der Waals surface area contributed by atoms with Gasteiger partial charge in [-0.3, -0.25) is 4.79 Å². The van der Waals surface area contributed by atoms with Crippen LogP contribution in [0.5, 0.6) is 0 Å². The van der Waals surface area contributed by atoms with Crippen molar-refractivity contribution >= 4 is 5.97 Å². The summed E-state index contributed by atoms with van der Waals surface area (Å²) in [6.07, 6.45) is 0.615. The lowest BCUT2D eigenvalue weighted by Gasteiger charge is -2.03. The quantitative estimate of drug-likeness (QED) is 0.917. The third-order valence-corrected chi connectivity index (χ3v) is 3.63. The maximum absolute atomic E-state index is 13.5. The van der Waals surface area contributed by atoms with Gasteiger partial charge in [-0.25, -0.2) is 4.39 Å². The van der Waals surface area contributed by atoms with Crippen molar-refractivity contribution in [1.82, 2.24) is 0 Å². The first-order valence-electron chi connectivity index (χ1n) is 6.16. The third kappa shape index (κ3) is 2.03. The summed E-state index contributed by atoms with van der Waals surface area (Å²) in [5.41, 5.74) is 1.24. The third-order valence-electron chi connectivity index (χ3n) is 3.63. The van der Waals surface area contributed by atoms with Crippen molar-refractivity contribution in [3.63, 3.8) is 0 Å². The second kappa shape index (κ2) is 4.23. The van der Waals surface area contributed by atoms with Crippen molar-refractivity contribution in [2.75, 3.05) is 0 Å². The lowest BCUT2D eigenvalue weighted by atomic mass is 10.1. The maximum atomic E-state index is 13.5. The summed E-state index contributed by atoms with van der Waals surface area (Å²) in [4.78, 5) is 10.8. The van der Waals surface area contributed by atoms with Crippen LogP contribution in [0.3, 0.4) is 0 Å². The molecule has 1 fully saturated rings. The Bertz CT molecular complexity index is 645. The number of carboxylic acid groups (broad SMARTS) is 1. The molecule has 4 heteroatoms. The molecule has 1 aromatic heterocycles. The summed E-state index contributed by atoms with van der Waals surface area (Å²) >= 11 is 0. The van der Waals surface area contributed by atoms with Gasteiger partial charge in [-0.1, -0.05) is 12.1 Å². The van der Waals surface area contributed by atoms with Gasteiger partial charge in [0.15, 0.2) is 0 Å². The number of carboxylic acids is 1. The van der Waals surface area contributed by atoms with Gasteiger partial charge >= 0.3 is 5.97 Å². The molecule has 1 N–H and O–H groups in total. The molecule has 3 nitrogen and oxygen atoms in total. The van der Waals surface area contributed by atoms with Gasteiger partial charge in [-0.2, -0.15) is 0 Å². The first-order valence-corrected chi connectivity index (χ1v) is 6.16. The van der Waals surface area contributed by atoms with Crippen LogP contribution in [0, 0.1) is 18.7 Å². The fourth-order valence-electron chi connectivity index (χ4n) is 2.35. The Morgan fingerprint density at radius 2 is 2.16 bits per heavy atom. The van der Waals surface area contributed by atoms with Crippen LogP contribution in [0.1, 0.15) is 23.7 Å². The minimum absolute atomic E-state index is 0.0416. The average molecular weight is 260 g/mol. The highest BCUT2D eigenvalue weighted by molar-refractivity contribution is 5.75. The van der Waals surface area contributed by atoms with E-state index in [4.69, 9.17) is 9.52 Å². The number of furan rings is 1. The van der Waals surface area contributed by atoms with Crippen LogP contribution in [0.4, 0.5) is 4.39 Å². The zero-order chi connectivity index (χ0) is 13.6. The Hall–Kier alpha value is -2.10. The Balaban J connectivity index is 1.90. The summed E-state index contributed by atoms with van der Waals surface area (Å²) in [6.45, 7) is 1.70. The summed E-state index contributed by atoms with van der Waals surface area (Å²) in [5.74, 6) is -0.183. The second-order valence-electron chi connectivity index (χ2n) is 4.90. The molecule has 0 amide bonds. The maximum Gasteiger partial charge on any atom is 0.307 e. The van der Waals surface area contributed by atoms with Gasteiger partial charge in [0, 0.05) is 11.5 Å². The normalized spacial score (nSPS) is 21.4. The van der Waals surface area contributed by atoms with Crippen molar-refractivity contribution in [3.8, 4) is 11.3 Å². The van der Waals surface area contributed by atoms with Gasteiger partial charge in [0.2, 0.25) is 0 Å². The molecule has 0 saturated heterocycles. The van der Waals surface area contributed by atoms with Crippen LogP contribution in [-0.2, 0) is 4.79 Å². The molecule has 0 bridgehead atoms. The molecule has 0 radical (unpaired) electrons. The number of carbonyl (C=O) groups is 1. The van der Waals surface area contributed by atoms with Crippen molar-refractivity contribution < 1.29 is 18.7 Å². The SMILES string of the molecule is Cc1c(F)cccc1-c1ccc([C@@H]2C[C@H]2C(=O)O)o1. The highest BCUT2D eigenvalue weighted by atomic mass is 19.1. The number of rotatable bonds is 3. The van der Waals surface area contributed by atoms with Gasteiger partial charge < -0.3 is 9.52 Å². The monoisotopic (exact) mass is 260 g/mol. The molecule has 1 heterocycles. The largest absolute Gasteiger partial charge is 0.481 e. The highest BCUT2D eigenvalue weighted by Gasteiger charge is 2.46. The molecule has 2 aromatic rings. The molecule has 1 saturated carbocycles. The number of halogens is 1. The second-order valence-corrected chi connectivity index (χ2v) is 4.90. The van der Waals surface area contributed by atoms with Crippen LogP contribution < -0.4 is 0 Å². The summed E-state index contributed by atoms with van der Waals surface area (Å²) in [6, 6.07) is 8.39. The Labute approximate surface area is 109 Å². The minimum Gasteiger partial charge on any atom is -0.481 e. The van der Waals surface area contributed by atoms with Crippen molar-refractivity contribution in [2.24, 2.45) is 5.92 Å². The van der Waals surface area contributed by atoms with Crippen molar-refractivity contribution in [2.45, 2.75) is 19.3 Å². The number of hydrogen-bond donors (Lipinski definition) is 1. The Morgan fingerprint density at radius 3 is 2.84 bits per heavy atom. The van der Waals surface area contributed by atoms with E-state index in [1.54, 1.807) is 31.2 Å². The predicted octanol–water partition coefficient (Wildman–Crippen LogP) is 3.58. The highest BCUT2D eigenvalue weighted by Crippen LogP contribution is 2.48. The van der Waals surface area contributed by atoms with E-state index in [0.717, 1.165) is 0 Å². The zero-order valence-electron chi connectivity index (χ0n) is 10.4. The number of hydrogen-bond acceptors (Lipinski definition) is 2. The smallest absolute Gasteiger partial charge is 0.307 e. The summed E-state index contributed by atoms with van der Waals surface area (Å²) < 4.78 is 19.2. The van der Waals surface area contributed by atoms with Gasteiger partial charge in [-0.05, 0) is 37.1 Å². The predicted molar refractivity (Wildman–Crippen MR) is 67.3 cm³/mol. The first-order chi connectivity index (χ1) is 9.08. The Morgan fingerprint density at radius 1 is 1.37 bits per heavy atom. The van der Waals surface area contributed by atoms with Crippen LogP contribution in [0.15, 0.2) is 34.7 Å². The fourth-order valence-corrected chi connectivity index (χ4v) is 2.35. The number of benzene rings is 1. The van der Waals surface area contributed by atoms with Gasteiger partial charge in [0.05, 0.1) is 5.92 Å². The van der Waals surface area contributed by atoms with Crippen LogP contribution in [0.25, 0.3) is 11.3 Å². The summed E-state index contributed by atoms with van der Waals surface area (Å²) in [5, 5.41) is 8.90. The van der Waals surface area contributed by atoms with E-state index in [0.29, 0.717) is 29.1 Å². The molecule has 2 atom stereocenters. The molecule has 3 rings (SSSR count). The van der Waals surface area contributed by atoms with Crippen LogP contribution in [0.2, 0.25) is 0 Å². The molecule has 19 heavy (non-hydrogen) atoms. The van der Waals surface area contributed by atoms with Crippen LogP contribution in [-0.4, -0.2) is 11.1 Å². The molecular weight excluding hydrogens is 247 g/mol. The standard InChI is InChI=1S/C15H13FO3/c1-8-9(3-2-4-12(8)16)13-5-6-14(19-13)10-7-11(10)15(17)18/h2-6,10-11H,7H2,1H3,(H,17,18)/t10-,11-/m1/s1. The van der Waals surface area contributed by atoms with E-state index in [9.17, 15) is 9.18 Å². The zero-order valence-corrected chi connectivity index (χ0v) is 10.4. The van der Waals surface area contributed by atoms with E-state index in [1.807, 2.05) is 0 Å². The topological polar surface area (TPSA) is 50.4 Å². The van der Waals surface area contributed by atoms with Crippen molar-refractivity contribution in [3.05, 3.63) is 47.5 Å². The molecule has 0 unspecified atom stereocenters. The van der Waals surface area contributed by atoms with Gasteiger partial charge in [0.1, 0.15) is 17.3 Å². The first kappa shape index (κ1) is 12.0.